The lowest BCUT2D eigenvalue weighted by Crippen LogP contribution is -2.48. The molecular weight excluding hydrogens is 173 g/mol. The Kier molecular flexibility index (Phi) is 2.95. The molecule has 0 unspecified atom stereocenters. The fraction of sp³-hybridized carbons (Fsp3) is 0.833. The second-order valence-electron chi connectivity index (χ2n) is 3.17. The molecule has 0 aromatic heterocycles. The second kappa shape index (κ2) is 3.20. The largest absolute Gasteiger partial charge is 0.391 e. The molecule has 0 aromatic rings. The van der Waals surface area contributed by atoms with Gasteiger partial charge in [-0.25, -0.2) is 4.79 Å². The number of nitrogens with two attached hydrogens (primary N) is 1. The molecule has 0 heterocycles. The number of carbonyl (C=O) groups is 1. The summed E-state index contributed by atoms with van der Waals surface area (Å²) in [4.78, 5) is 10.2. The maximum Gasteiger partial charge on any atom is 0.391 e. The highest BCUT2D eigenvalue weighted by atomic mass is 19.4. The highest BCUT2D eigenvalue weighted by Crippen LogP contribution is 2.26. The van der Waals surface area contributed by atoms with Crippen molar-refractivity contribution in [1.29, 1.82) is 0 Å². The molecule has 0 aromatic carbocycles. The van der Waals surface area contributed by atoms with Crippen molar-refractivity contribution in [2.75, 3.05) is 0 Å². The summed E-state index contributed by atoms with van der Waals surface area (Å²) in [5.74, 6) is 0. The van der Waals surface area contributed by atoms with E-state index in [-0.39, 0.29) is 0 Å². The van der Waals surface area contributed by atoms with Crippen LogP contribution in [0.2, 0.25) is 0 Å². The highest BCUT2D eigenvalue weighted by Gasteiger charge is 2.36. The summed E-state index contributed by atoms with van der Waals surface area (Å²) in [6, 6.07) is -0.954. The van der Waals surface area contributed by atoms with E-state index in [4.69, 9.17) is 0 Å². The maximum absolute atomic E-state index is 11.8. The summed E-state index contributed by atoms with van der Waals surface area (Å²) in [5.41, 5.74) is 3.34. The van der Waals surface area contributed by atoms with E-state index in [1.165, 1.54) is 13.8 Å². The first-order chi connectivity index (χ1) is 5.12. The van der Waals surface area contributed by atoms with Gasteiger partial charge in [0.25, 0.3) is 0 Å². The van der Waals surface area contributed by atoms with E-state index < -0.39 is 24.2 Å². The number of rotatable bonds is 2. The molecule has 0 saturated heterocycles. The molecule has 12 heavy (non-hydrogen) atoms. The van der Waals surface area contributed by atoms with Gasteiger partial charge in [-0.2, -0.15) is 13.2 Å². The Bertz CT molecular complexity index is 176. The van der Waals surface area contributed by atoms with Crippen LogP contribution in [-0.4, -0.2) is 17.7 Å². The molecule has 2 amide bonds. The smallest absolute Gasteiger partial charge is 0.352 e. The van der Waals surface area contributed by atoms with Gasteiger partial charge in [0.05, 0.1) is 6.42 Å². The Morgan fingerprint density at radius 1 is 1.42 bits per heavy atom. The highest BCUT2D eigenvalue weighted by molar-refractivity contribution is 5.72. The van der Waals surface area contributed by atoms with Gasteiger partial charge in [0.1, 0.15) is 0 Å². The Morgan fingerprint density at radius 3 is 2.08 bits per heavy atom. The van der Waals surface area contributed by atoms with Gasteiger partial charge in [-0.05, 0) is 13.8 Å². The summed E-state index contributed by atoms with van der Waals surface area (Å²) in [6.45, 7) is 2.51. The molecule has 3 nitrogen and oxygen atoms in total. The number of alkyl halides is 3. The first-order valence-electron chi connectivity index (χ1n) is 3.27. The van der Waals surface area contributed by atoms with Crippen LogP contribution in [0, 0.1) is 0 Å². The monoisotopic (exact) mass is 184 g/mol. The summed E-state index contributed by atoms with van der Waals surface area (Å²) in [6.07, 6.45) is -5.39. The molecule has 0 rings (SSSR count). The van der Waals surface area contributed by atoms with Gasteiger partial charge in [-0.3, -0.25) is 0 Å². The number of hydrogen-bond donors (Lipinski definition) is 2. The van der Waals surface area contributed by atoms with Crippen molar-refractivity contribution in [3.05, 3.63) is 0 Å². The lowest BCUT2D eigenvalue weighted by molar-refractivity contribution is -0.146. The molecule has 3 N–H and O–H groups in total. The molecular formula is C6H11F3N2O. The van der Waals surface area contributed by atoms with Crippen molar-refractivity contribution in [2.24, 2.45) is 5.73 Å². The van der Waals surface area contributed by atoms with Crippen LogP contribution in [0.25, 0.3) is 0 Å². The molecule has 0 saturated carbocycles. The predicted molar refractivity (Wildman–Crippen MR) is 37.5 cm³/mol. The minimum absolute atomic E-state index is 0.954. The van der Waals surface area contributed by atoms with Gasteiger partial charge >= 0.3 is 12.2 Å². The van der Waals surface area contributed by atoms with Crippen LogP contribution in [0.15, 0.2) is 0 Å². The topological polar surface area (TPSA) is 55.1 Å². The Morgan fingerprint density at radius 2 is 1.83 bits per heavy atom. The Balaban J connectivity index is 4.13. The third-order valence-corrected chi connectivity index (χ3v) is 1.10. The molecule has 0 aliphatic heterocycles. The summed E-state index contributed by atoms with van der Waals surface area (Å²) in [7, 11) is 0. The molecule has 0 spiro atoms. The van der Waals surface area contributed by atoms with Gasteiger partial charge in [0.15, 0.2) is 0 Å². The van der Waals surface area contributed by atoms with Crippen LogP contribution in [-0.2, 0) is 0 Å². The SMILES string of the molecule is CC(C)(CC(F)(F)F)NC(N)=O. The fourth-order valence-electron chi connectivity index (χ4n) is 0.879. The van der Waals surface area contributed by atoms with Crippen molar-refractivity contribution < 1.29 is 18.0 Å². The number of nitrogens with one attached hydrogen (secondary N) is 1. The lowest BCUT2D eigenvalue weighted by atomic mass is 10.0. The van der Waals surface area contributed by atoms with E-state index in [1.807, 2.05) is 5.32 Å². The van der Waals surface area contributed by atoms with E-state index in [1.54, 1.807) is 0 Å². The van der Waals surface area contributed by atoms with Gasteiger partial charge in [0, 0.05) is 5.54 Å². The Labute approximate surface area is 68.1 Å². The minimum atomic E-state index is -4.30. The van der Waals surface area contributed by atoms with E-state index in [9.17, 15) is 18.0 Å². The zero-order valence-electron chi connectivity index (χ0n) is 6.83. The number of amides is 2. The molecule has 0 radical (unpaired) electrons. The zero-order chi connectivity index (χ0) is 9.99. The van der Waals surface area contributed by atoms with Crippen LogP contribution < -0.4 is 11.1 Å². The first kappa shape index (κ1) is 11.1. The predicted octanol–water partition coefficient (Wildman–Crippen LogP) is 1.39. The van der Waals surface area contributed by atoms with E-state index >= 15 is 0 Å². The first-order valence-corrected chi connectivity index (χ1v) is 3.27. The summed E-state index contributed by atoms with van der Waals surface area (Å²) < 4.78 is 35.4. The fourth-order valence-corrected chi connectivity index (χ4v) is 0.879. The zero-order valence-corrected chi connectivity index (χ0v) is 6.83. The van der Waals surface area contributed by atoms with E-state index in [0.29, 0.717) is 0 Å². The molecule has 0 bridgehead atoms. The van der Waals surface area contributed by atoms with E-state index in [2.05, 4.69) is 5.73 Å². The van der Waals surface area contributed by atoms with E-state index in [0.717, 1.165) is 0 Å². The molecule has 0 aliphatic carbocycles. The number of halogens is 3. The van der Waals surface area contributed by atoms with Crippen LogP contribution >= 0.6 is 0 Å². The van der Waals surface area contributed by atoms with Crippen LogP contribution in [0.5, 0.6) is 0 Å². The van der Waals surface area contributed by atoms with Crippen LogP contribution in [0.1, 0.15) is 20.3 Å². The van der Waals surface area contributed by atoms with Crippen molar-refractivity contribution >= 4 is 6.03 Å². The van der Waals surface area contributed by atoms with Crippen molar-refractivity contribution in [1.82, 2.24) is 5.32 Å². The van der Waals surface area contributed by atoms with Crippen molar-refractivity contribution in [3.63, 3.8) is 0 Å². The average molecular weight is 184 g/mol. The maximum atomic E-state index is 11.8. The summed E-state index contributed by atoms with van der Waals surface area (Å²) >= 11 is 0. The van der Waals surface area contributed by atoms with Gasteiger partial charge in [-0.15, -0.1) is 0 Å². The molecule has 0 aliphatic rings. The van der Waals surface area contributed by atoms with Gasteiger partial charge in [0.2, 0.25) is 0 Å². The Hall–Kier alpha value is -0.940. The molecule has 0 fully saturated rings. The summed E-state index contributed by atoms with van der Waals surface area (Å²) in [5, 5.41) is 1.99. The third-order valence-electron chi connectivity index (χ3n) is 1.10. The van der Waals surface area contributed by atoms with Crippen LogP contribution in [0.4, 0.5) is 18.0 Å². The average Bonchev–Trinajstić information content (AvgIpc) is 1.48. The lowest BCUT2D eigenvalue weighted by Gasteiger charge is -2.26. The number of hydrogen-bond acceptors (Lipinski definition) is 1. The second-order valence-corrected chi connectivity index (χ2v) is 3.17. The van der Waals surface area contributed by atoms with Crippen molar-refractivity contribution in [3.8, 4) is 0 Å². The third kappa shape index (κ3) is 5.82. The number of carbonyl (C=O) groups excluding carboxylic acids is 1. The van der Waals surface area contributed by atoms with Gasteiger partial charge in [-0.1, -0.05) is 0 Å². The minimum Gasteiger partial charge on any atom is -0.352 e. The van der Waals surface area contributed by atoms with Crippen molar-refractivity contribution in [2.45, 2.75) is 32.0 Å². The standard InChI is InChI=1S/C6H11F3N2O/c1-5(2,11-4(10)12)3-6(7,8)9/h3H2,1-2H3,(H3,10,11,12). The number of urea groups is 1. The molecule has 72 valence electrons. The van der Waals surface area contributed by atoms with Gasteiger partial charge < -0.3 is 11.1 Å². The normalized spacial score (nSPS) is 12.8. The quantitative estimate of drug-likeness (QED) is 0.669. The molecule has 6 heteroatoms. The molecule has 0 atom stereocenters. The number of primary amides is 1. The van der Waals surface area contributed by atoms with Crippen LogP contribution in [0.3, 0.4) is 0 Å².